The second-order valence-electron chi connectivity index (χ2n) is 5.05. The monoisotopic (exact) mass is 324 g/mol. The van der Waals surface area contributed by atoms with E-state index in [1.807, 2.05) is 25.3 Å². The number of nitrogens with one attached hydrogen (secondary N) is 2. The number of hydrogen-bond donors (Lipinski definition) is 3. The first-order chi connectivity index (χ1) is 10.6. The fraction of sp³-hybridized carbons (Fsp3) is 0.500. The van der Waals surface area contributed by atoms with E-state index in [4.69, 9.17) is 5.11 Å². The molecule has 1 rings (SSSR count). The van der Waals surface area contributed by atoms with Crippen LogP contribution in [0.25, 0.3) is 0 Å². The average Bonchev–Trinajstić information content (AvgIpc) is 2.51. The van der Waals surface area contributed by atoms with Gasteiger partial charge in [-0.2, -0.15) is 11.8 Å². The van der Waals surface area contributed by atoms with Crippen LogP contribution in [0, 0.1) is 6.92 Å². The molecule has 0 bridgehead atoms. The smallest absolute Gasteiger partial charge is 0.251 e. The molecule has 0 aliphatic carbocycles. The molecule has 0 saturated heterocycles. The number of hydrogen-bond acceptors (Lipinski definition) is 4. The predicted molar refractivity (Wildman–Crippen MR) is 90.1 cm³/mol. The van der Waals surface area contributed by atoms with Gasteiger partial charge in [0, 0.05) is 18.7 Å². The van der Waals surface area contributed by atoms with Gasteiger partial charge in [-0.05, 0) is 43.9 Å². The normalized spacial score (nSPS) is 11.8. The minimum Gasteiger partial charge on any atom is -0.396 e. The van der Waals surface area contributed by atoms with Gasteiger partial charge < -0.3 is 15.7 Å². The highest BCUT2D eigenvalue weighted by molar-refractivity contribution is 7.98. The maximum absolute atomic E-state index is 12.3. The van der Waals surface area contributed by atoms with Crippen LogP contribution in [0.2, 0.25) is 0 Å². The van der Waals surface area contributed by atoms with Crippen LogP contribution in [0.15, 0.2) is 24.3 Å². The average molecular weight is 324 g/mol. The van der Waals surface area contributed by atoms with Crippen molar-refractivity contribution >= 4 is 23.6 Å². The van der Waals surface area contributed by atoms with Gasteiger partial charge in [0.1, 0.15) is 6.04 Å². The highest BCUT2D eigenvalue weighted by atomic mass is 32.2. The molecule has 5 nitrogen and oxygen atoms in total. The molecule has 1 aromatic carbocycles. The molecule has 0 saturated carbocycles. The summed E-state index contributed by atoms with van der Waals surface area (Å²) in [6.07, 6.45) is 3.04. The maximum atomic E-state index is 12.3. The van der Waals surface area contributed by atoms with Gasteiger partial charge in [-0.3, -0.25) is 9.59 Å². The second-order valence-corrected chi connectivity index (χ2v) is 6.03. The maximum Gasteiger partial charge on any atom is 0.251 e. The molecular formula is C16H24N2O3S. The van der Waals surface area contributed by atoms with Crippen molar-refractivity contribution in [1.29, 1.82) is 0 Å². The summed E-state index contributed by atoms with van der Waals surface area (Å²) in [7, 11) is 0. The summed E-state index contributed by atoms with van der Waals surface area (Å²) in [6, 6.07) is 6.72. The number of amides is 2. The first kappa shape index (κ1) is 18.5. The van der Waals surface area contributed by atoms with Gasteiger partial charge in [0.2, 0.25) is 5.91 Å². The van der Waals surface area contributed by atoms with Crippen molar-refractivity contribution in [1.82, 2.24) is 10.6 Å². The van der Waals surface area contributed by atoms with E-state index in [0.717, 1.165) is 11.3 Å². The number of aryl methyl sites for hydroxylation is 1. The number of benzene rings is 1. The first-order valence-corrected chi connectivity index (χ1v) is 8.73. The van der Waals surface area contributed by atoms with E-state index in [-0.39, 0.29) is 18.4 Å². The summed E-state index contributed by atoms with van der Waals surface area (Å²) < 4.78 is 0. The van der Waals surface area contributed by atoms with Gasteiger partial charge in [0.25, 0.3) is 5.91 Å². The highest BCUT2D eigenvalue weighted by Gasteiger charge is 2.20. The van der Waals surface area contributed by atoms with Gasteiger partial charge in [-0.15, -0.1) is 0 Å². The molecule has 0 aliphatic rings. The number of carbonyl (C=O) groups is 2. The van der Waals surface area contributed by atoms with E-state index in [1.165, 1.54) is 0 Å². The van der Waals surface area contributed by atoms with Crippen LogP contribution in [-0.2, 0) is 4.79 Å². The Morgan fingerprint density at radius 2 is 2.14 bits per heavy atom. The minimum atomic E-state index is -0.556. The fourth-order valence-corrected chi connectivity index (χ4v) is 2.42. The lowest BCUT2D eigenvalue weighted by molar-refractivity contribution is -0.123. The lowest BCUT2D eigenvalue weighted by Crippen LogP contribution is -2.47. The number of aliphatic hydroxyl groups excluding tert-OH is 1. The van der Waals surface area contributed by atoms with Crippen LogP contribution in [0.3, 0.4) is 0 Å². The summed E-state index contributed by atoms with van der Waals surface area (Å²) in [5, 5.41) is 14.3. The molecule has 0 fully saturated rings. The topological polar surface area (TPSA) is 78.4 Å². The zero-order chi connectivity index (χ0) is 16.4. The Balaban J connectivity index is 2.66. The number of thioether (sulfide) groups is 1. The van der Waals surface area contributed by atoms with Gasteiger partial charge in [0.15, 0.2) is 0 Å². The lowest BCUT2D eigenvalue weighted by Gasteiger charge is -2.18. The van der Waals surface area contributed by atoms with Crippen LogP contribution in [-0.4, -0.2) is 48.1 Å². The highest BCUT2D eigenvalue weighted by Crippen LogP contribution is 2.06. The standard InChI is InChI=1S/C16H24N2O3S/c1-12-5-3-6-13(11-12)15(20)18-14(7-10-22-2)16(21)17-8-4-9-19/h3,5-6,11,14,19H,4,7-10H2,1-2H3,(H,17,21)(H,18,20). The summed E-state index contributed by atoms with van der Waals surface area (Å²) in [4.78, 5) is 24.4. The van der Waals surface area contributed by atoms with Crippen molar-refractivity contribution in [2.24, 2.45) is 0 Å². The van der Waals surface area contributed by atoms with Gasteiger partial charge in [-0.25, -0.2) is 0 Å². The molecular weight excluding hydrogens is 300 g/mol. The van der Waals surface area contributed by atoms with Crippen molar-refractivity contribution in [3.05, 3.63) is 35.4 Å². The predicted octanol–water partition coefficient (Wildman–Crippen LogP) is 1.35. The Hall–Kier alpha value is -1.53. The summed E-state index contributed by atoms with van der Waals surface area (Å²) in [5.41, 5.74) is 1.55. The van der Waals surface area contributed by atoms with Crippen LogP contribution in [0.5, 0.6) is 0 Å². The Morgan fingerprint density at radius 3 is 2.77 bits per heavy atom. The largest absolute Gasteiger partial charge is 0.396 e. The Labute approximate surface area is 135 Å². The molecule has 22 heavy (non-hydrogen) atoms. The van der Waals surface area contributed by atoms with E-state index in [2.05, 4.69) is 10.6 Å². The molecule has 6 heteroatoms. The quantitative estimate of drug-likeness (QED) is 0.599. The molecule has 0 radical (unpaired) electrons. The van der Waals surface area contributed by atoms with Crippen LogP contribution >= 0.6 is 11.8 Å². The molecule has 2 amide bonds. The molecule has 1 atom stereocenters. The van der Waals surface area contributed by atoms with Crippen LogP contribution in [0.1, 0.15) is 28.8 Å². The zero-order valence-electron chi connectivity index (χ0n) is 13.1. The van der Waals surface area contributed by atoms with E-state index < -0.39 is 6.04 Å². The van der Waals surface area contributed by atoms with Crippen molar-refractivity contribution in [2.45, 2.75) is 25.8 Å². The first-order valence-electron chi connectivity index (χ1n) is 7.33. The Bertz CT molecular complexity index is 494. The molecule has 1 aromatic rings. The van der Waals surface area contributed by atoms with Crippen molar-refractivity contribution in [2.75, 3.05) is 25.2 Å². The third-order valence-electron chi connectivity index (χ3n) is 3.15. The van der Waals surface area contributed by atoms with Gasteiger partial charge in [-0.1, -0.05) is 17.7 Å². The summed E-state index contributed by atoms with van der Waals surface area (Å²) in [5.74, 6) is 0.335. The third kappa shape index (κ3) is 6.49. The molecule has 0 heterocycles. The molecule has 1 unspecified atom stereocenters. The Kier molecular flexibility index (Phi) is 8.62. The second kappa shape index (κ2) is 10.2. The number of carbonyl (C=O) groups excluding carboxylic acids is 2. The van der Waals surface area contributed by atoms with Gasteiger partial charge in [0.05, 0.1) is 0 Å². The van der Waals surface area contributed by atoms with E-state index in [0.29, 0.717) is 24.9 Å². The third-order valence-corrected chi connectivity index (χ3v) is 3.79. The van der Waals surface area contributed by atoms with Crippen molar-refractivity contribution < 1.29 is 14.7 Å². The van der Waals surface area contributed by atoms with Crippen LogP contribution < -0.4 is 10.6 Å². The Morgan fingerprint density at radius 1 is 1.36 bits per heavy atom. The molecule has 0 aromatic heterocycles. The fourth-order valence-electron chi connectivity index (χ4n) is 1.95. The SMILES string of the molecule is CSCCC(NC(=O)c1cccc(C)c1)C(=O)NCCCO. The van der Waals surface area contributed by atoms with Gasteiger partial charge >= 0.3 is 0 Å². The molecule has 0 aliphatic heterocycles. The van der Waals surface area contributed by atoms with E-state index >= 15 is 0 Å². The summed E-state index contributed by atoms with van der Waals surface area (Å²) >= 11 is 1.63. The van der Waals surface area contributed by atoms with Crippen LogP contribution in [0.4, 0.5) is 0 Å². The zero-order valence-corrected chi connectivity index (χ0v) is 13.9. The summed E-state index contributed by atoms with van der Waals surface area (Å²) in [6.45, 7) is 2.36. The molecule has 0 spiro atoms. The van der Waals surface area contributed by atoms with E-state index in [9.17, 15) is 9.59 Å². The van der Waals surface area contributed by atoms with Crippen molar-refractivity contribution in [3.8, 4) is 0 Å². The van der Waals surface area contributed by atoms with Crippen molar-refractivity contribution in [3.63, 3.8) is 0 Å². The number of rotatable bonds is 9. The molecule has 122 valence electrons. The van der Waals surface area contributed by atoms with E-state index in [1.54, 1.807) is 23.9 Å². The number of aliphatic hydroxyl groups is 1. The molecule has 3 N–H and O–H groups in total. The lowest BCUT2D eigenvalue weighted by atomic mass is 10.1. The minimum absolute atomic E-state index is 0.0331.